The van der Waals surface area contributed by atoms with Crippen molar-refractivity contribution in [2.75, 3.05) is 18.6 Å². The molecule has 0 radical (unpaired) electrons. The molecule has 1 fully saturated rings. The molecular weight excluding hydrogens is 535 g/mol. The zero-order valence-corrected chi connectivity index (χ0v) is 21.5. The van der Waals surface area contributed by atoms with E-state index < -0.39 is 47.4 Å². The van der Waals surface area contributed by atoms with Gasteiger partial charge in [0.25, 0.3) is 0 Å². The van der Waals surface area contributed by atoms with Gasteiger partial charge in [0.1, 0.15) is 29.6 Å². The standard InChI is InChI=1S/C27H25F5N6O2/c1-15-12-37(14-35-15)21-4-3-16(7-23(21)40-2)20(36-33)11-34-24-10-26(24)6-5-18-19(29)8-17(28)9-22(18)38(25(26)39)13-27(30,31)32/h3-4,7-9,11-12,14,24H,5-6,10,13,33H2,1-2H3. The van der Waals surface area contributed by atoms with Crippen molar-refractivity contribution in [2.24, 2.45) is 21.4 Å². The number of aromatic nitrogens is 2. The molecular formula is C27H25F5N6O2. The Morgan fingerprint density at radius 3 is 2.67 bits per heavy atom. The molecule has 5 rings (SSSR count). The predicted octanol–water partition coefficient (Wildman–Crippen LogP) is 4.50. The second-order valence-corrected chi connectivity index (χ2v) is 9.87. The molecule has 2 atom stereocenters. The largest absolute Gasteiger partial charge is 0.495 e. The lowest BCUT2D eigenvalue weighted by atomic mass is 9.96. The van der Waals surface area contributed by atoms with Crippen LogP contribution in [0.25, 0.3) is 5.69 Å². The number of benzene rings is 2. The summed E-state index contributed by atoms with van der Waals surface area (Å²) < 4.78 is 76.2. The number of carbonyl (C=O) groups is 1. The van der Waals surface area contributed by atoms with Crippen LogP contribution in [-0.4, -0.2) is 53.3 Å². The summed E-state index contributed by atoms with van der Waals surface area (Å²) in [6.07, 6.45) is 0.202. The zero-order chi connectivity index (χ0) is 28.8. The van der Waals surface area contributed by atoms with Crippen LogP contribution in [0.15, 0.2) is 52.9 Å². The normalized spacial score (nSPS) is 21.2. The van der Waals surface area contributed by atoms with Crippen LogP contribution in [0, 0.1) is 24.0 Å². The second kappa shape index (κ2) is 10.0. The predicted molar refractivity (Wildman–Crippen MR) is 138 cm³/mol. The summed E-state index contributed by atoms with van der Waals surface area (Å²) in [7, 11) is 1.50. The number of aliphatic imine (C=N–C) groups is 1. The highest BCUT2D eigenvalue weighted by Crippen LogP contribution is 2.56. The van der Waals surface area contributed by atoms with Gasteiger partial charge in [-0.05, 0) is 44.4 Å². The minimum atomic E-state index is -4.78. The molecule has 0 saturated heterocycles. The minimum absolute atomic E-state index is 0.0439. The maximum absolute atomic E-state index is 14.6. The van der Waals surface area contributed by atoms with E-state index in [1.54, 1.807) is 29.1 Å². The summed E-state index contributed by atoms with van der Waals surface area (Å²) in [4.78, 5) is 22.6. The minimum Gasteiger partial charge on any atom is -0.495 e. The molecule has 2 N–H and O–H groups in total. The molecule has 2 aromatic carbocycles. The van der Waals surface area contributed by atoms with Gasteiger partial charge >= 0.3 is 6.18 Å². The fourth-order valence-corrected chi connectivity index (χ4v) is 5.17. The Labute approximate surface area is 226 Å². The van der Waals surface area contributed by atoms with E-state index in [1.165, 1.54) is 13.3 Å². The second-order valence-electron chi connectivity index (χ2n) is 9.87. The Morgan fingerprint density at radius 2 is 2.02 bits per heavy atom. The average molecular weight is 561 g/mol. The highest BCUT2D eigenvalue weighted by Gasteiger charge is 2.63. The van der Waals surface area contributed by atoms with E-state index in [-0.39, 0.29) is 30.5 Å². The molecule has 1 amide bonds. The Balaban J connectivity index is 1.41. The maximum Gasteiger partial charge on any atom is 0.406 e. The van der Waals surface area contributed by atoms with Gasteiger partial charge in [0, 0.05) is 29.6 Å². The van der Waals surface area contributed by atoms with Crippen molar-refractivity contribution >= 4 is 23.5 Å². The number of imidazole rings is 1. The SMILES string of the molecule is COc1cc(C(C=NC2CC23CCc2c(F)cc(F)cc2N(CC(F)(F)F)C3=O)=NN)ccc1-n1cnc(C)c1. The third-order valence-corrected chi connectivity index (χ3v) is 7.27. The number of nitrogens with two attached hydrogens (primary N) is 1. The third kappa shape index (κ3) is 5.03. The highest BCUT2D eigenvalue weighted by atomic mass is 19.4. The summed E-state index contributed by atoms with van der Waals surface area (Å²) in [6, 6.07) is 5.90. The zero-order valence-electron chi connectivity index (χ0n) is 21.5. The number of aryl methyl sites for hydroxylation is 1. The number of nitrogens with zero attached hydrogens (tertiary/aromatic N) is 5. The fourth-order valence-electron chi connectivity index (χ4n) is 5.17. The lowest BCUT2D eigenvalue weighted by Crippen LogP contribution is -2.43. The summed E-state index contributed by atoms with van der Waals surface area (Å²) in [5.41, 5.74) is 0.514. The quantitative estimate of drug-likeness (QED) is 0.208. The maximum atomic E-state index is 14.6. The molecule has 2 heterocycles. The lowest BCUT2D eigenvalue weighted by Gasteiger charge is -2.27. The molecule has 3 aromatic rings. The van der Waals surface area contributed by atoms with Crippen LogP contribution in [0.2, 0.25) is 0 Å². The molecule has 0 bridgehead atoms. The molecule has 210 valence electrons. The Kier molecular flexibility index (Phi) is 6.84. The number of halogens is 5. The number of ether oxygens (including phenoxy) is 1. The van der Waals surface area contributed by atoms with E-state index in [4.69, 9.17) is 10.6 Å². The van der Waals surface area contributed by atoms with E-state index in [0.717, 1.165) is 17.4 Å². The number of hydrogen-bond donors (Lipinski definition) is 1. The number of methoxy groups -OCH3 is 1. The third-order valence-electron chi connectivity index (χ3n) is 7.27. The topological polar surface area (TPSA) is 98.1 Å². The van der Waals surface area contributed by atoms with Crippen LogP contribution >= 0.6 is 0 Å². The van der Waals surface area contributed by atoms with Crippen LogP contribution in [-0.2, 0) is 11.2 Å². The van der Waals surface area contributed by atoms with Crippen molar-refractivity contribution in [2.45, 2.75) is 38.4 Å². The smallest absolute Gasteiger partial charge is 0.406 e. The van der Waals surface area contributed by atoms with E-state index in [2.05, 4.69) is 15.1 Å². The van der Waals surface area contributed by atoms with Gasteiger partial charge in [0.2, 0.25) is 5.91 Å². The van der Waals surface area contributed by atoms with Crippen LogP contribution in [0.3, 0.4) is 0 Å². The first kappa shape index (κ1) is 27.3. The van der Waals surface area contributed by atoms with E-state index >= 15 is 0 Å². The molecule has 8 nitrogen and oxygen atoms in total. The Morgan fingerprint density at radius 1 is 1.25 bits per heavy atom. The van der Waals surface area contributed by atoms with Crippen molar-refractivity contribution in [3.8, 4) is 11.4 Å². The van der Waals surface area contributed by atoms with Gasteiger partial charge in [-0.3, -0.25) is 9.79 Å². The highest BCUT2D eigenvalue weighted by molar-refractivity contribution is 6.38. The Hall–Kier alpha value is -4.29. The average Bonchev–Trinajstić information content (AvgIpc) is 3.47. The van der Waals surface area contributed by atoms with Crippen LogP contribution in [0.4, 0.5) is 27.6 Å². The number of amides is 1. The lowest BCUT2D eigenvalue weighted by molar-refractivity contribution is -0.135. The Bertz CT molecular complexity index is 1530. The van der Waals surface area contributed by atoms with E-state index in [1.807, 2.05) is 13.1 Å². The molecule has 40 heavy (non-hydrogen) atoms. The van der Waals surface area contributed by atoms with Gasteiger partial charge < -0.3 is 20.0 Å². The van der Waals surface area contributed by atoms with Gasteiger partial charge in [-0.25, -0.2) is 13.8 Å². The van der Waals surface area contributed by atoms with Gasteiger partial charge in [0.05, 0.1) is 42.0 Å². The summed E-state index contributed by atoms with van der Waals surface area (Å²) in [5.74, 6) is 3.19. The van der Waals surface area contributed by atoms with E-state index in [0.29, 0.717) is 22.3 Å². The summed E-state index contributed by atoms with van der Waals surface area (Å²) >= 11 is 0. The number of hydrazone groups is 1. The first-order valence-electron chi connectivity index (χ1n) is 12.3. The molecule has 1 aliphatic heterocycles. The molecule has 1 aromatic heterocycles. The van der Waals surface area contributed by atoms with Crippen molar-refractivity contribution in [1.82, 2.24) is 9.55 Å². The summed E-state index contributed by atoms with van der Waals surface area (Å²) in [6.45, 7) is 0.185. The number of alkyl halides is 3. The first-order chi connectivity index (χ1) is 19.0. The molecule has 1 spiro atoms. The fraction of sp³-hybridized carbons (Fsp3) is 0.333. The van der Waals surface area contributed by atoms with Gasteiger partial charge in [0.15, 0.2) is 0 Å². The van der Waals surface area contributed by atoms with Crippen molar-refractivity contribution in [3.05, 3.63) is 71.3 Å². The molecule has 2 unspecified atom stereocenters. The number of anilines is 1. The van der Waals surface area contributed by atoms with Crippen LogP contribution in [0.1, 0.15) is 29.7 Å². The van der Waals surface area contributed by atoms with Gasteiger partial charge in [-0.1, -0.05) is 6.07 Å². The summed E-state index contributed by atoms with van der Waals surface area (Å²) in [5, 5.41) is 3.79. The molecule has 1 saturated carbocycles. The number of rotatable bonds is 6. The molecule has 2 aliphatic rings. The van der Waals surface area contributed by atoms with Crippen molar-refractivity contribution < 1.29 is 31.5 Å². The van der Waals surface area contributed by atoms with Gasteiger partial charge in [-0.2, -0.15) is 18.3 Å². The first-order valence-corrected chi connectivity index (χ1v) is 12.3. The van der Waals surface area contributed by atoms with Gasteiger partial charge in [-0.15, -0.1) is 0 Å². The van der Waals surface area contributed by atoms with Crippen LogP contribution in [0.5, 0.6) is 5.75 Å². The molecule has 1 aliphatic carbocycles. The number of hydrogen-bond acceptors (Lipinski definition) is 6. The number of carbonyl (C=O) groups excluding carboxylic acids is 1. The van der Waals surface area contributed by atoms with Crippen LogP contribution < -0.4 is 15.5 Å². The number of fused-ring (bicyclic) bond motifs is 1. The van der Waals surface area contributed by atoms with E-state index in [9.17, 15) is 26.7 Å². The van der Waals surface area contributed by atoms with Crippen molar-refractivity contribution in [1.29, 1.82) is 0 Å². The molecule has 13 heteroatoms. The monoisotopic (exact) mass is 560 g/mol. The van der Waals surface area contributed by atoms with Crippen molar-refractivity contribution in [3.63, 3.8) is 0 Å².